The quantitative estimate of drug-likeness (QED) is 0.760. The van der Waals surface area contributed by atoms with Crippen molar-refractivity contribution < 1.29 is 4.52 Å². The highest BCUT2D eigenvalue weighted by Gasteiger charge is 2.17. The highest BCUT2D eigenvalue weighted by Crippen LogP contribution is 2.38. The van der Waals surface area contributed by atoms with E-state index in [0.29, 0.717) is 5.88 Å². The molecule has 0 unspecified atom stereocenters. The lowest BCUT2D eigenvalue weighted by atomic mass is 10.1. The normalized spacial score (nSPS) is 10.7. The van der Waals surface area contributed by atoms with Crippen molar-refractivity contribution in [1.82, 2.24) is 5.16 Å². The first-order valence-corrected chi connectivity index (χ1v) is 6.98. The highest BCUT2D eigenvalue weighted by molar-refractivity contribution is 9.10. The molecule has 0 aliphatic heterocycles. The van der Waals surface area contributed by atoms with Crippen molar-refractivity contribution in [2.75, 3.05) is 5.73 Å². The zero-order chi connectivity index (χ0) is 12.5. The SMILES string of the molecule is Nc1onc(-c2cccs2)c1-c1ccc(Br)cc1. The van der Waals surface area contributed by atoms with Gasteiger partial charge >= 0.3 is 0 Å². The predicted octanol–water partition coefficient (Wildman–Crippen LogP) is 4.41. The van der Waals surface area contributed by atoms with Gasteiger partial charge in [0.1, 0.15) is 5.69 Å². The van der Waals surface area contributed by atoms with Gasteiger partial charge in [-0.05, 0) is 29.1 Å². The standard InChI is InChI=1S/C13H9BrN2OS/c14-9-5-3-8(4-6-9)11-12(16-17-13(11)15)10-2-1-7-18-10/h1-7H,15H2. The van der Waals surface area contributed by atoms with Crippen molar-refractivity contribution in [3.63, 3.8) is 0 Å². The van der Waals surface area contributed by atoms with Gasteiger partial charge in [-0.3, -0.25) is 0 Å². The Kier molecular flexibility index (Phi) is 2.93. The lowest BCUT2D eigenvalue weighted by molar-refractivity contribution is 0.439. The largest absolute Gasteiger partial charge is 0.367 e. The maximum absolute atomic E-state index is 5.88. The second-order valence-corrected chi connectivity index (χ2v) is 5.62. The third-order valence-corrected chi connectivity index (χ3v) is 4.01. The molecule has 0 radical (unpaired) electrons. The molecule has 90 valence electrons. The molecule has 18 heavy (non-hydrogen) atoms. The number of hydrogen-bond donors (Lipinski definition) is 1. The van der Waals surface area contributed by atoms with E-state index >= 15 is 0 Å². The van der Waals surface area contributed by atoms with E-state index in [1.54, 1.807) is 11.3 Å². The lowest BCUT2D eigenvalue weighted by Crippen LogP contribution is -1.86. The first-order chi connectivity index (χ1) is 8.75. The van der Waals surface area contributed by atoms with Gasteiger partial charge in [0.15, 0.2) is 0 Å². The molecule has 3 aromatic rings. The zero-order valence-corrected chi connectivity index (χ0v) is 11.7. The molecule has 0 aliphatic carbocycles. The molecule has 2 N–H and O–H groups in total. The second-order valence-electron chi connectivity index (χ2n) is 3.75. The van der Waals surface area contributed by atoms with Crippen LogP contribution in [0.2, 0.25) is 0 Å². The Labute approximate surface area is 116 Å². The number of nitrogen functional groups attached to an aromatic ring is 1. The summed E-state index contributed by atoms with van der Waals surface area (Å²) in [6, 6.07) is 11.9. The van der Waals surface area contributed by atoms with Gasteiger partial charge in [-0.25, -0.2) is 0 Å². The fourth-order valence-corrected chi connectivity index (χ4v) is 2.76. The summed E-state index contributed by atoms with van der Waals surface area (Å²) >= 11 is 5.03. The van der Waals surface area contributed by atoms with E-state index in [9.17, 15) is 0 Å². The number of hydrogen-bond acceptors (Lipinski definition) is 4. The summed E-state index contributed by atoms with van der Waals surface area (Å²) in [6.07, 6.45) is 0. The molecule has 3 nitrogen and oxygen atoms in total. The van der Waals surface area contributed by atoms with Crippen molar-refractivity contribution in [2.45, 2.75) is 0 Å². The first kappa shape index (κ1) is 11.5. The van der Waals surface area contributed by atoms with Crippen molar-refractivity contribution in [1.29, 1.82) is 0 Å². The van der Waals surface area contributed by atoms with Crippen LogP contribution >= 0.6 is 27.3 Å². The minimum absolute atomic E-state index is 0.348. The average molecular weight is 321 g/mol. The molecule has 2 aromatic heterocycles. The van der Waals surface area contributed by atoms with Crippen molar-refractivity contribution in [2.24, 2.45) is 0 Å². The van der Waals surface area contributed by atoms with Crippen LogP contribution in [0.4, 0.5) is 5.88 Å². The Bertz CT molecular complexity index is 659. The van der Waals surface area contributed by atoms with E-state index in [2.05, 4.69) is 21.1 Å². The van der Waals surface area contributed by atoms with Gasteiger partial charge < -0.3 is 10.3 Å². The summed E-state index contributed by atoms with van der Waals surface area (Å²) in [5.41, 5.74) is 8.53. The molecule has 3 rings (SSSR count). The summed E-state index contributed by atoms with van der Waals surface area (Å²) < 4.78 is 6.15. The molecule has 1 aromatic carbocycles. The molecule has 0 saturated heterocycles. The van der Waals surface area contributed by atoms with Crippen LogP contribution in [0.15, 0.2) is 50.8 Å². The minimum atomic E-state index is 0.348. The zero-order valence-electron chi connectivity index (χ0n) is 9.26. The summed E-state index contributed by atoms with van der Waals surface area (Å²) in [7, 11) is 0. The van der Waals surface area contributed by atoms with E-state index in [0.717, 1.165) is 26.2 Å². The number of halogens is 1. The molecular weight excluding hydrogens is 312 g/mol. The second kappa shape index (κ2) is 4.59. The number of benzene rings is 1. The van der Waals surface area contributed by atoms with Crippen LogP contribution in [-0.2, 0) is 0 Å². The van der Waals surface area contributed by atoms with E-state index in [1.807, 2.05) is 41.8 Å². The Morgan fingerprint density at radius 2 is 1.94 bits per heavy atom. The van der Waals surface area contributed by atoms with E-state index in [-0.39, 0.29) is 0 Å². The Morgan fingerprint density at radius 1 is 1.17 bits per heavy atom. The molecular formula is C13H9BrN2OS. The lowest BCUT2D eigenvalue weighted by Gasteiger charge is -2.01. The van der Waals surface area contributed by atoms with E-state index < -0.39 is 0 Å². The Hall–Kier alpha value is -1.59. The molecule has 0 amide bonds. The number of rotatable bonds is 2. The Balaban J connectivity index is 2.17. The van der Waals surface area contributed by atoms with Crippen LogP contribution in [0.5, 0.6) is 0 Å². The van der Waals surface area contributed by atoms with Crippen LogP contribution in [0.1, 0.15) is 0 Å². The summed E-state index contributed by atoms with van der Waals surface area (Å²) in [6.45, 7) is 0. The number of anilines is 1. The third kappa shape index (κ3) is 1.95. The number of nitrogens with two attached hydrogens (primary N) is 1. The maximum Gasteiger partial charge on any atom is 0.230 e. The minimum Gasteiger partial charge on any atom is -0.367 e. The molecule has 0 atom stereocenters. The van der Waals surface area contributed by atoms with Crippen molar-refractivity contribution in [3.05, 3.63) is 46.3 Å². The molecule has 0 bridgehead atoms. The molecule has 0 fully saturated rings. The van der Waals surface area contributed by atoms with E-state index in [1.165, 1.54) is 0 Å². The van der Waals surface area contributed by atoms with Crippen LogP contribution in [0, 0.1) is 0 Å². The Morgan fingerprint density at radius 3 is 2.61 bits per heavy atom. The van der Waals surface area contributed by atoms with Crippen LogP contribution in [0.25, 0.3) is 21.7 Å². The topological polar surface area (TPSA) is 52.0 Å². The van der Waals surface area contributed by atoms with Gasteiger partial charge in [0, 0.05) is 4.47 Å². The molecule has 5 heteroatoms. The van der Waals surface area contributed by atoms with Gasteiger partial charge in [-0.15, -0.1) is 11.3 Å². The average Bonchev–Trinajstić information content (AvgIpc) is 2.99. The predicted molar refractivity (Wildman–Crippen MR) is 77.4 cm³/mol. The van der Waals surface area contributed by atoms with Gasteiger partial charge in [0.2, 0.25) is 5.88 Å². The highest BCUT2D eigenvalue weighted by atomic mass is 79.9. The number of nitrogens with zero attached hydrogens (tertiary/aromatic N) is 1. The maximum atomic E-state index is 5.88. The summed E-state index contributed by atoms with van der Waals surface area (Å²) in [5.74, 6) is 0.348. The fourth-order valence-electron chi connectivity index (χ4n) is 1.78. The van der Waals surface area contributed by atoms with Crippen LogP contribution < -0.4 is 5.73 Å². The van der Waals surface area contributed by atoms with Gasteiger partial charge in [0.25, 0.3) is 0 Å². The monoisotopic (exact) mass is 320 g/mol. The molecule has 0 aliphatic rings. The molecule has 2 heterocycles. The fraction of sp³-hybridized carbons (Fsp3) is 0. The summed E-state index contributed by atoms with van der Waals surface area (Å²) in [4.78, 5) is 1.05. The van der Waals surface area contributed by atoms with E-state index in [4.69, 9.17) is 10.3 Å². The first-order valence-electron chi connectivity index (χ1n) is 5.30. The number of aromatic nitrogens is 1. The third-order valence-electron chi connectivity index (χ3n) is 2.61. The van der Waals surface area contributed by atoms with Crippen molar-refractivity contribution in [3.8, 4) is 21.7 Å². The van der Waals surface area contributed by atoms with Gasteiger partial charge in [0.05, 0.1) is 10.4 Å². The smallest absolute Gasteiger partial charge is 0.230 e. The van der Waals surface area contributed by atoms with Crippen LogP contribution in [-0.4, -0.2) is 5.16 Å². The number of thiophene rings is 1. The van der Waals surface area contributed by atoms with Crippen LogP contribution in [0.3, 0.4) is 0 Å². The summed E-state index contributed by atoms with van der Waals surface area (Å²) in [5, 5.41) is 6.06. The van der Waals surface area contributed by atoms with Crippen molar-refractivity contribution >= 4 is 33.2 Å². The van der Waals surface area contributed by atoms with Gasteiger partial charge in [-0.1, -0.05) is 39.3 Å². The van der Waals surface area contributed by atoms with Gasteiger partial charge in [-0.2, -0.15) is 0 Å². The molecule has 0 spiro atoms. The molecule has 0 saturated carbocycles.